The molecule has 0 aliphatic heterocycles. The van der Waals surface area contributed by atoms with Crippen molar-refractivity contribution in [1.82, 2.24) is 31.1 Å². The van der Waals surface area contributed by atoms with Gasteiger partial charge in [0.05, 0.1) is 19.4 Å². The van der Waals surface area contributed by atoms with Crippen LogP contribution in [-0.2, 0) is 11.3 Å². The van der Waals surface area contributed by atoms with E-state index in [1.54, 1.807) is 19.2 Å². The van der Waals surface area contributed by atoms with Crippen LogP contribution >= 0.6 is 11.8 Å². The van der Waals surface area contributed by atoms with Crippen LogP contribution in [0.1, 0.15) is 15.9 Å². The molecule has 0 radical (unpaired) electrons. The number of hydrogen-bond donors (Lipinski definition) is 2. The van der Waals surface area contributed by atoms with E-state index in [4.69, 9.17) is 4.74 Å². The van der Waals surface area contributed by atoms with E-state index in [0.717, 1.165) is 21.8 Å². The Morgan fingerprint density at radius 3 is 2.38 bits per heavy atom. The SMILES string of the molecule is COc1ccc(SCC(=O)NNC(=O)c2ccc(Cn3nnc(-c4ccccc4)n3)cc2)cc1. The standard InChI is InChI=1S/C24H22N6O3S/c1-33-20-11-13-21(14-12-20)34-16-22(31)25-27-24(32)19-9-7-17(8-10-19)15-30-28-23(26-29-30)18-5-3-2-4-6-18/h2-14H,15-16H2,1H3,(H,25,31)(H,27,32). The van der Waals surface area contributed by atoms with Crippen molar-refractivity contribution in [3.63, 3.8) is 0 Å². The molecule has 4 aromatic rings. The minimum Gasteiger partial charge on any atom is -0.497 e. The van der Waals surface area contributed by atoms with Gasteiger partial charge < -0.3 is 4.74 Å². The zero-order valence-electron chi connectivity index (χ0n) is 18.3. The molecule has 2 amide bonds. The molecule has 0 saturated carbocycles. The maximum absolute atomic E-state index is 12.3. The Hall–Kier alpha value is -4.18. The van der Waals surface area contributed by atoms with Crippen molar-refractivity contribution < 1.29 is 14.3 Å². The van der Waals surface area contributed by atoms with Crippen LogP contribution in [0.5, 0.6) is 5.75 Å². The van der Waals surface area contributed by atoms with E-state index in [1.807, 2.05) is 66.7 Å². The van der Waals surface area contributed by atoms with E-state index in [2.05, 4.69) is 26.3 Å². The van der Waals surface area contributed by atoms with E-state index in [-0.39, 0.29) is 11.7 Å². The number of thioether (sulfide) groups is 1. The van der Waals surface area contributed by atoms with Crippen molar-refractivity contribution in [2.75, 3.05) is 12.9 Å². The Morgan fingerprint density at radius 1 is 0.941 bits per heavy atom. The number of methoxy groups -OCH3 is 1. The predicted octanol–water partition coefficient (Wildman–Crippen LogP) is 2.95. The lowest BCUT2D eigenvalue weighted by molar-refractivity contribution is -0.119. The first kappa shape index (κ1) is 23.0. The number of benzene rings is 3. The third-order valence-corrected chi connectivity index (χ3v) is 5.78. The lowest BCUT2D eigenvalue weighted by atomic mass is 10.1. The highest BCUT2D eigenvalue weighted by molar-refractivity contribution is 8.00. The third-order valence-electron chi connectivity index (χ3n) is 4.77. The van der Waals surface area contributed by atoms with E-state index >= 15 is 0 Å². The second kappa shape index (κ2) is 11.1. The lowest BCUT2D eigenvalue weighted by Gasteiger charge is -2.08. The van der Waals surface area contributed by atoms with Crippen LogP contribution in [0.2, 0.25) is 0 Å². The van der Waals surface area contributed by atoms with Crippen molar-refractivity contribution >= 4 is 23.6 Å². The molecule has 10 heteroatoms. The van der Waals surface area contributed by atoms with Gasteiger partial charge in [-0.25, -0.2) is 0 Å². The average molecular weight is 475 g/mol. The molecule has 34 heavy (non-hydrogen) atoms. The molecule has 0 aliphatic rings. The second-order valence-electron chi connectivity index (χ2n) is 7.17. The first-order valence-corrected chi connectivity index (χ1v) is 11.4. The highest BCUT2D eigenvalue weighted by Crippen LogP contribution is 2.20. The Bertz CT molecular complexity index is 1240. The number of aromatic nitrogens is 4. The summed E-state index contributed by atoms with van der Waals surface area (Å²) in [5.41, 5.74) is 7.09. The van der Waals surface area contributed by atoms with Gasteiger partial charge in [0, 0.05) is 16.0 Å². The highest BCUT2D eigenvalue weighted by Gasteiger charge is 2.10. The zero-order chi connectivity index (χ0) is 23.8. The van der Waals surface area contributed by atoms with Crippen molar-refractivity contribution in [2.45, 2.75) is 11.4 Å². The third kappa shape index (κ3) is 6.20. The van der Waals surface area contributed by atoms with Gasteiger partial charge in [0.15, 0.2) is 0 Å². The number of hydrazine groups is 1. The molecule has 3 aromatic carbocycles. The van der Waals surface area contributed by atoms with E-state index in [9.17, 15) is 9.59 Å². The van der Waals surface area contributed by atoms with Gasteiger partial charge in [-0.3, -0.25) is 20.4 Å². The summed E-state index contributed by atoms with van der Waals surface area (Å²) < 4.78 is 5.11. The van der Waals surface area contributed by atoms with E-state index < -0.39 is 5.91 Å². The largest absolute Gasteiger partial charge is 0.497 e. The number of amides is 2. The summed E-state index contributed by atoms with van der Waals surface area (Å²) in [7, 11) is 1.60. The number of tetrazole rings is 1. The Balaban J connectivity index is 1.24. The summed E-state index contributed by atoms with van der Waals surface area (Å²) in [6.07, 6.45) is 0. The van der Waals surface area contributed by atoms with Crippen LogP contribution in [0.4, 0.5) is 0 Å². The fraction of sp³-hybridized carbons (Fsp3) is 0.125. The first-order valence-electron chi connectivity index (χ1n) is 10.4. The molecule has 0 fully saturated rings. The van der Waals surface area contributed by atoms with Gasteiger partial charge in [0.2, 0.25) is 11.7 Å². The van der Waals surface area contributed by atoms with Crippen LogP contribution in [0.25, 0.3) is 11.4 Å². The number of carbonyl (C=O) groups excluding carboxylic acids is 2. The molecule has 0 saturated heterocycles. The maximum Gasteiger partial charge on any atom is 0.269 e. The fourth-order valence-corrected chi connectivity index (χ4v) is 3.69. The van der Waals surface area contributed by atoms with Crippen LogP contribution in [-0.4, -0.2) is 44.9 Å². The monoisotopic (exact) mass is 474 g/mol. The number of hydrogen-bond acceptors (Lipinski definition) is 7. The van der Waals surface area contributed by atoms with Crippen LogP contribution in [0.3, 0.4) is 0 Å². The molecule has 0 spiro atoms. The molecule has 1 heterocycles. The van der Waals surface area contributed by atoms with Gasteiger partial charge >= 0.3 is 0 Å². The van der Waals surface area contributed by atoms with Crippen LogP contribution < -0.4 is 15.6 Å². The Labute approximate surface area is 200 Å². The molecular formula is C24H22N6O3S. The highest BCUT2D eigenvalue weighted by atomic mass is 32.2. The van der Waals surface area contributed by atoms with Crippen LogP contribution in [0, 0.1) is 0 Å². The fourth-order valence-electron chi connectivity index (χ4n) is 2.99. The second-order valence-corrected chi connectivity index (χ2v) is 8.22. The number of rotatable bonds is 8. The van der Waals surface area contributed by atoms with Gasteiger partial charge in [0.25, 0.3) is 5.91 Å². The summed E-state index contributed by atoms with van der Waals surface area (Å²) in [5.74, 6) is 0.762. The van der Waals surface area contributed by atoms with E-state index in [1.165, 1.54) is 16.6 Å². The molecular weight excluding hydrogens is 452 g/mol. The van der Waals surface area contributed by atoms with Crippen LogP contribution in [0.15, 0.2) is 83.8 Å². The van der Waals surface area contributed by atoms with Gasteiger partial charge in [0.1, 0.15) is 5.75 Å². The predicted molar refractivity (Wildman–Crippen MR) is 128 cm³/mol. The molecule has 172 valence electrons. The van der Waals surface area contributed by atoms with Crippen molar-refractivity contribution in [1.29, 1.82) is 0 Å². The maximum atomic E-state index is 12.3. The molecule has 0 bridgehead atoms. The zero-order valence-corrected chi connectivity index (χ0v) is 19.2. The van der Waals surface area contributed by atoms with Gasteiger partial charge in [-0.15, -0.1) is 22.0 Å². The molecule has 1 aromatic heterocycles. The summed E-state index contributed by atoms with van der Waals surface area (Å²) in [6.45, 7) is 0.418. The summed E-state index contributed by atoms with van der Waals surface area (Å²) in [6, 6.07) is 24.0. The summed E-state index contributed by atoms with van der Waals surface area (Å²) >= 11 is 1.36. The minimum absolute atomic E-state index is 0.168. The average Bonchev–Trinajstić information content (AvgIpc) is 3.36. The quantitative estimate of drug-likeness (QED) is 0.298. The molecule has 0 aliphatic carbocycles. The number of nitrogens with one attached hydrogen (secondary N) is 2. The van der Waals surface area contributed by atoms with Crippen molar-refractivity contribution in [3.05, 3.63) is 90.0 Å². The lowest BCUT2D eigenvalue weighted by Crippen LogP contribution is -2.42. The molecule has 0 unspecified atom stereocenters. The van der Waals surface area contributed by atoms with Gasteiger partial charge in [-0.2, -0.15) is 4.80 Å². The van der Waals surface area contributed by atoms with Gasteiger partial charge in [-0.1, -0.05) is 42.5 Å². The van der Waals surface area contributed by atoms with E-state index in [0.29, 0.717) is 17.9 Å². The number of ether oxygens (including phenoxy) is 1. The molecule has 2 N–H and O–H groups in total. The summed E-state index contributed by atoms with van der Waals surface area (Å²) in [4.78, 5) is 26.8. The van der Waals surface area contributed by atoms with Crippen molar-refractivity contribution in [3.8, 4) is 17.1 Å². The Kier molecular flexibility index (Phi) is 7.51. The number of nitrogens with zero attached hydrogens (tertiary/aromatic N) is 4. The molecule has 4 rings (SSSR count). The smallest absolute Gasteiger partial charge is 0.269 e. The molecule has 0 atom stereocenters. The normalized spacial score (nSPS) is 10.5. The Morgan fingerprint density at radius 2 is 1.68 bits per heavy atom. The van der Waals surface area contributed by atoms with Gasteiger partial charge in [-0.05, 0) is 47.2 Å². The summed E-state index contributed by atoms with van der Waals surface area (Å²) in [5, 5.41) is 12.6. The number of carbonyl (C=O) groups is 2. The topological polar surface area (TPSA) is 111 Å². The molecule has 9 nitrogen and oxygen atoms in total. The first-order chi connectivity index (χ1) is 16.6. The van der Waals surface area contributed by atoms with Crippen molar-refractivity contribution in [2.24, 2.45) is 0 Å². The minimum atomic E-state index is -0.403.